The number of imide groups is 1. The molecular formula is C16H25N5O3. The number of rotatable bonds is 5. The van der Waals surface area contributed by atoms with Gasteiger partial charge >= 0.3 is 6.03 Å². The Kier molecular flexibility index (Phi) is 4.96. The van der Waals surface area contributed by atoms with E-state index in [-0.39, 0.29) is 18.0 Å². The number of aromatic nitrogens is 2. The molecule has 24 heavy (non-hydrogen) atoms. The Hall–Kier alpha value is -2.38. The minimum Gasteiger partial charge on any atom is -0.326 e. The summed E-state index contributed by atoms with van der Waals surface area (Å²) in [5.74, 6) is -0.235. The molecule has 2 N–H and O–H groups in total. The molecule has 1 fully saturated rings. The quantitative estimate of drug-likeness (QED) is 0.799. The van der Waals surface area contributed by atoms with Crippen molar-refractivity contribution in [1.29, 1.82) is 0 Å². The van der Waals surface area contributed by atoms with Gasteiger partial charge in [0, 0.05) is 6.07 Å². The van der Waals surface area contributed by atoms with Crippen LogP contribution < -0.4 is 10.6 Å². The van der Waals surface area contributed by atoms with Gasteiger partial charge in [-0.25, -0.2) is 9.48 Å². The molecule has 8 nitrogen and oxygen atoms in total. The fourth-order valence-corrected chi connectivity index (χ4v) is 2.64. The van der Waals surface area contributed by atoms with Gasteiger partial charge in [0.1, 0.15) is 18.4 Å². The molecular weight excluding hydrogens is 310 g/mol. The van der Waals surface area contributed by atoms with Crippen molar-refractivity contribution in [3.63, 3.8) is 0 Å². The van der Waals surface area contributed by atoms with Crippen molar-refractivity contribution in [3.8, 4) is 0 Å². The highest BCUT2D eigenvalue weighted by Gasteiger charge is 2.38. The molecule has 1 aliphatic heterocycles. The summed E-state index contributed by atoms with van der Waals surface area (Å²) in [7, 11) is 0. The fraction of sp³-hybridized carbons (Fsp3) is 0.625. The number of nitrogens with one attached hydrogen (secondary N) is 2. The third-order valence-electron chi connectivity index (χ3n) is 3.72. The molecule has 1 aliphatic rings. The average Bonchev–Trinajstić information content (AvgIpc) is 2.94. The molecule has 2 heterocycles. The lowest BCUT2D eigenvalue weighted by atomic mass is 10.1. The normalized spacial score (nSPS) is 18.0. The van der Waals surface area contributed by atoms with Gasteiger partial charge in [-0.15, -0.1) is 0 Å². The SMILES string of the molecule is CCCC1NC(=O)N(CC(=O)Nc2cc(C)nn2C(C)(C)C)C1=O. The van der Waals surface area contributed by atoms with Crippen molar-refractivity contribution in [3.05, 3.63) is 11.8 Å². The lowest BCUT2D eigenvalue weighted by molar-refractivity contribution is -0.130. The zero-order valence-electron chi connectivity index (χ0n) is 14.8. The molecule has 0 spiro atoms. The van der Waals surface area contributed by atoms with Crippen LogP contribution in [0.5, 0.6) is 0 Å². The summed E-state index contributed by atoms with van der Waals surface area (Å²) in [6.45, 7) is 9.39. The third-order valence-corrected chi connectivity index (χ3v) is 3.72. The highest BCUT2D eigenvalue weighted by atomic mass is 16.2. The van der Waals surface area contributed by atoms with E-state index in [0.29, 0.717) is 12.2 Å². The minimum atomic E-state index is -0.530. The topological polar surface area (TPSA) is 96.3 Å². The molecule has 0 radical (unpaired) electrons. The fourth-order valence-electron chi connectivity index (χ4n) is 2.64. The van der Waals surface area contributed by atoms with E-state index in [0.717, 1.165) is 17.0 Å². The van der Waals surface area contributed by atoms with Crippen LogP contribution in [0.4, 0.5) is 10.6 Å². The number of amides is 4. The van der Waals surface area contributed by atoms with E-state index in [1.165, 1.54) is 0 Å². The Morgan fingerprint density at radius 2 is 2.04 bits per heavy atom. The van der Waals surface area contributed by atoms with Gasteiger partial charge in [0.2, 0.25) is 5.91 Å². The number of carbonyl (C=O) groups is 3. The monoisotopic (exact) mass is 335 g/mol. The molecule has 1 aromatic rings. The van der Waals surface area contributed by atoms with Crippen LogP contribution in [-0.2, 0) is 15.1 Å². The Labute approximate surface area is 141 Å². The molecule has 0 aromatic carbocycles. The number of nitrogens with zero attached hydrogens (tertiary/aromatic N) is 3. The zero-order valence-corrected chi connectivity index (χ0v) is 14.8. The number of anilines is 1. The Morgan fingerprint density at radius 1 is 1.38 bits per heavy atom. The number of urea groups is 1. The summed E-state index contributed by atoms with van der Waals surface area (Å²) in [4.78, 5) is 37.3. The second kappa shape index (κ2) is 6.62. The maximum atomic E-state index is 12.3. The van der Waals surface area contributed by atoms with Gasteiger partial charge in [0.15, 0.2) is 0 Å². The van der Waals surface area contributed by atoms with Gasteiger partial charge in [0.25, 0.3) is 5.91 Å². The van der Waals surface area contributed by atoms with Crippen LogP contribution >= 0.6 is 0 Å². The van der Waals surface area contributed by atoms with Gasteiger partial charge in [0.05, 0.1) is 11.2 Å². The number of hydrogen-bond acceptors (Lipinski definition) is 4. The van der Waals surface area contributed by atoms with Gasteiger partial charge in [-0.2, -0.15) is 5.10 Å². The van der Waals surface area contributed by atoms with Crippen molar-refractivity contribution in [1.82, 2.24) is 20.0 Å². The summed E-state index contributed by atoms with van der Waals surface area (Å²) in [6, 6.07) is 0.710. The van der Waals surface area contributed by atoms with Crippen LogP contribution in [0.15, 0.2) is 6.07 Å². The van der Waals surface area contributed by atoms with E-state index in [1.807, 2.05) is 34.6 Å². The van der Waals surface area contributed by atoms with Crippen molar-refractivity contribution in [2.45, 2.75) is 59.0 Å². The first-order chi connectivity index (χ1) is 11.1. The molecule has 1 aromatic heterocycles. The summed E-state index contributed by atoms with van der Waals surface area (Å²) >= 11 is 0. The van der Waals surface area contributed by atoms with Gasteiger partial charge < -0.3 is 10.6 Å². The number of carbonyl (C=O) groups excluding carboxylic acids is 3. The van der Waals surface area contributed by atoms with Crippen molar-refractivity contribution in [2.24, 2.45) is 0 Å². The second-order valence-corrected chi connectivity index (χ2v) is 7.02. The largest absolute Gasteiger partial charge is 0.326 e. The molecule has 0 bridgehead atoms. The molecule has 1 atom stereocenters. The summed E-state index contributed by atoms with van der Waals surface area (Å²) in [6.07, 6.45) is 1.35. The van der Waals surface area contributed by atoms with Crippen LogP contribution in [-0.4, -0.2) is 45.1 Å². The van der Waals surface area contributed by atoms with E-state index in [4.69, 9.17) is 0 Å². The molecule has 4 amide bonds. The predicted octanol–water partition coefficient (Wildman–Crippen LogP) is 1.61. The molecule has 132 valence electrons. The predicted molar refractivity (Wildman–Crippen MR) is 89.5 cm³/mol. The summed E-state index contributed by atoms with van der Waals surface area (Å²) < 4.78 is 1.71. The second-order valence-electron chi connectivity index (χ2n) is 7.02. The molecule has 8 heteroatoms. The first kappa shape index (κ1) is 18.0. The first-order valence-corrected chi connectivity index (χ1v) is 8.12. The number of hydrogen-bond donors (Lipinski definition) is 2. The minimum absolute atomic E-state index is 0.302. The van der Waals surface area contributed by atoms with Crippen molar-refractivity contribution < 1.29 is 14.4 Å². The van der Waals surface area contributed by atoms with E-state index in [1.54, 1.807) is 10.7 Å². The lowest BCUT2D eigenvalue weighted by Gasteiger charge is -2.22. The molecule has 1 unspecified atom stereocenters. The Balaban J connectivity index is 2.07. The lowest BCUT2D eigenvalue weighted by Crippen LogP contribution is -2.39. The van der Waals surface area contributed by atoms with E-state index in [9.17, 15) is 14.4 Å². The number of aryl methyl sites for hydroxylation is 1. The van der Waals surface area contributed by atoms with Gasteiger partial charge in [-0.3, -0.25) is 14.5 Å². The van der Waals surface area contributed by atoms with E-state index in [2.05, 4.69) is 15.7 Å². The Bertz CT molecular complexity index is 659. The molecule has 0 saturated carbocycles. The summed E-state index contributed by atoms with van der Waals surface area (Å²) in [5.41, 5.74) is 0.474. The van der Waals surface area contributed by atoms with Crippen LogP contribution in [0.25, 0.3) is 0 Å². The molecule has 1 saturated heterocycles. The Morgan fingerprint density at radius 3 is 2.62 bits per heavy atom. The van der Waals surface area contributed by atoms with Crippen LogP contribution in [0.1, 0.15) is 46.2 Å². The van der Waals surface area contributed by atoms with Crippen LogP contribution in [0.2, 0.25) is 0 Å². The van der Waals surface area contributed by atoms with Crippen molar-refractivity contribution >= 4 is 23.7 Å². The van der Waals surface area contributed by atoms with Crippen LogP contribution in [0.3, 0.4) is 0 Å². The maximum absolute atomic E-state index is 12.3. The van der Waals surface area contributed by atoms with Gasteiger partial charge in [-0.1, -0.05) is 13.3 Å². The van der Waals surface area contributed by atoms with Crippen molar-refractivity contribution in [2.75, 3.05) is 11.9 Å². The highest BCUT2D eigenvalue weighted by Crippen LogP contribution is 2.21. The maximum Gasteiger partial charge on any atom is 0.325 e. The zero-order chi connectivity index (χ0) is 18.1. The van der Waals surface area contributed by atoms with E-state index < -0.39 is 18.0 Å². The molecule has 2 rings (SSSR count). The van der Waals surface area contributed by atoms with Crippen LogP contribution in [0, 0.1) is 6.92 Å². The smallest absolute Gasteiger partial charge is 0.325 e. The van der Waals surface area contributed by atoms with E-state index >= 15 is 0 Å². The summed E-state index contributed by atoms with van der Waals surface area (Å²) in [5, 5.41) is 9.72. The standard InChI is InChI=1S/C16H25N5O3/c1-6-7-11-14(23)20(15(24)17-11)9-13(22)18-12-8-10(2)19-21(12)16(3,4)5/h8,11H,6-7,9H2,1-5H3,(H,17,24)(H,18,22). The van der Waals surface area contributed by atoms with Gasteiger partial charge in [-0.05, 0) is 34.1 Å². The third kappa shape index (κ3) is 3.74. The first-order valence-electron chi connectivity index (χ1n) is 8.12. The highest BCUT2D eigenvalue weighted by molar-refractivity contribution is 6.07. The molecule has 0 aliphatic carbocycles. The average molecular weight is 335 g/mol.